The highest BCUT2D eigenvalue weighted by Gasteiger charge is 2.35. The van der Waals surface area contributed by atoms with Crippen molar-refractivity contribution in [3.05, 3.63) is 0 Å². The second kappa shape index (κ2) is 4.24. The summed E-state index contributed by atoms with van der Waals surface area (Å²) in [5, 5.41) is 0. The molecule has 0 saturated carbocycles. The van der Waals surface area contributed by atoms with Gasteiger partial charge in [-0.3, -0.25) is 0 Å². The summed E-state index contributed by atoms with van der Waals surface area (Å²) < 4.78 is 11.3. The van der Waals surface area contributed by atoms with Crippen LogP contribution in [0.25, 0.3) is 0 Å². The summed E-state index contributed by atoms with van der Waals surface area (Å²) in [5.74, 6) is 0.415. The highest BCUT2D eigenvalue weighted by Crippen LogP contribution is 2.31. The van der Waals surface area contributed by atoms with E-state index in [1.165, 1.54) is 0 Å². The molecule has 1 rings (SSSR count). The maximum absolute atomic E-state index is 5.67. The lowest BCUT2D eigenvalue weighted by Crippen LogP contribution is -2.31. The molecule has 0 unspecified atom stereocenters. The van der Waals surface area contributed by atoms with Crippen LogP contribution in [-0.4, -0.2) is 19.0 Å². The Morgan fingerprint density at radius 3 is 2.25 bits per heavy atom. The Morgan fingerprint density at radius 1 is 1.25 bits per heavy atom. The number of hydrogen-bond acceptors (Lipinski definition) is 2. The van der Waals surface area contributed by atoms with Crippen LogP contribution in [-0.2, 0) is 9.47 Å². The average molecular weight is 172 g/mol. The Kier molecular flexibility index (Phi) is 3.53. The first-order chi connectivity index (χ1) is 5.68. The molecule has 2 nitrogen and oxygen atoms in total. The molecule has 0 amide bonds. The lowest BCUT2D eigenvalue weighted by atomic mass is 9.99. The van der Waals surface area contributed by atoms with Crippen molar-refractivity contribution in [3.63, 3.8) is 0 Å². The lowest BCUT2D eigenvalue weighted by molar-refractivity contribution is -0.173. The highest BCUT2D eigenvalue weighted by molar-refractivity contribution is 4.75. The Bertz CT molecular complexity index is 126. The zero-order chi connectivity index (χ0) is 9.03. The predicted octanol–water partition coefficient (Wildman–Crippen LogP) is 2.58. The molecule has 12 heavy (non-hydrogen) atoms. The van der Waals surface area contributed by atoms with Gasteiger partial charge in [-0.15, -0.1) is 0 Å². The minimum absolute atomic E-state index is 0.233. The zero-order valence-electron chi connectivity index (χ0n) is 8.43. The van der Waals surface area contributed by atoms with E-state index in [-0.39, 0.29) is 5.79 Å². The molecule has 2 heteroatoms. The van der Waals surface area contributed by atoms with Gasteiger partial charge < -0.3 is 9.47 Å². The van der Waals surface area contributed by atoms with E-state index < -0.39 is 0 Å². The van der Waals surface area contributed by atoms with Crippen molar-refractivity contribution in [2.24, 2.45) is 5.92 Å². The largest absolute Gasteiger partial charge is 0.348 e. The van der Waals surface area contributed by atoms with Crippen LogP contribution in [0.3, 0.4) is 0 Å². The summed E-state index contributed by atoms with van der Waals surface area (Å²) >= 11 is 0. The van der Waals surface area contributed by atoms with Gasteiger partial charge in [0.25, 0.3) is 0 Å². The number of hydrogen-bond donors (Lipinski definition) is 0. The summed E-state index contributed by atoms with van der Waals surface area (Å²) in [4.78, 5) is 0. The Hall–Kier alpha value is -0.0800. The molecule has 0 aromatic heterocycles. The maximum atomic E-state index is 5.67. The average Bonchev–Trinajstić information content (AvgIpc) is 2.36. The monoisotopic (exact) mass is 172 g/mol. The van der Waals surface area contributed by atoms with Crippen LogP contribution in [0, 0.1) is 5.92 Å². The summed E-state index contributed by atoms with van der Waals surface area (Å²) in [7, 11) is 0. The van der Waals surface area contributed by atoms with Gasteiger partial charge in [0.15, 0.2) is 5.79 Å². The molecule has 0 N–H and O–H groups in total. The van der Waals surface area contributed by atoms with Gasteiger partial charge in [-0.25, -0.2) is 0 Å². The van der Waals surface area contributed by atoms with Gasteiger partial charge >= 0.3 is 0 Å². The van der Waals surface area contributed by atoms with Gasteiger partial charge in [0.1, 0.15) is 0 Å². The normalized spacial score (nSPS) is 22.0. The molecule has 1 saturated heterocycles. The molecule has 0 atom stereocenters. The Labute approximate surface area is 75.2 Å². The third-order valence-electron chi connectivity index (χ3n) is 2.16. The van der Waals surface area contributed by atoms with Crippen LogP contribution in [0.5, 0.6) is 0 Å². The maximum Gasteiger partial charge on any atom is 0.168 e. The SMILES string of the molecule is CCCC1(CC(C)C)OCCO1. The summed E-state index contributed by atoms with van der Waals surface area (Å²) in [6.45, 7) is 8.14. The fraction of sp³-hybridized carbons (Fsp3) is 1.00. The second-order valence-electron chi connectivity index (χ2n) is 3.96. The van der Waals surface area contributed by atoms with Crippen molar-refractivity contribution in [3.8, 4) is 0 Å². The molecule has 1 heterocycles. The molecule has 0 aromatic carbocycles. The van der Waals surface area contributed by atoms with Crippen molar-refractivity contribution in [2.75, 3.05) is 13.2 Å². The molecule has 0 spiro atoms. The molecular weight excluding hydrogens is 152 g/mol. The van der Waals surface area contributed by atoms with Gasteiger partial charge in [0.2, 0.25) is 0 Å². The van der Waals surface area contributed by atoms with Gasteiger partial charge in [0, 0.05) is 12.8 Å². The third-order valence-corrected chi connectivity index (χ3v) is 2.16. The Balaban J connectivity index is 2.46. The standard InChI is InChI=1S/C10H20O2/c1-4-5-10(8-9(2)3)11-6-7-12-10/h9H,4-8H2,1-3H3. The van der Waals surface area contributed by atoms with E-state index in [4.69, 9.17) is 9.47 Å². The van der Waals surface area contributed by atoms with E-state index >= 15 is 0 Å². The summed E-state index contributed by atoms with van der Waals surface area (Å²) in [5.41, 5.74) is 0. The smallest absolute Gasteiger partial charge is 0.168 e. The van der Waals surface area contributed by atoms with Crippen LogP contribution in [0.4, 0.5) is 0 Å². The zero-order valence-corrected chi connectivity index (χ0v) is 8.43. The van der Waals surface area contributed by atoms with Crippen LogP contribution in [0.15, 0.2) is 0 Å². The quantitative estimate of drug-likeness (QED) is 0.649. The lowest BCUT2D eigenvalue weighted by Gasteiger charge is -2.28. The third kappa shape index (κ3) is 2.46. The second-order valence-corrected chi connectivity index (χ2v) is 3.96. The fourth-order valence-electron chi connectivity index (χ4n) is 1.86. The first kappa shape index (κ1) is 10.0. The van der Waals surface area contributed by atoms with Crippen molar-refractivity contribution in [2.45, 2.75) is 45.8 Å². The molecule has 0 aromatic rings. The molecule has 1 fully saturated rings. The van der Waals surface area contributed by atoms with Crippen molar-refractivity contribution in [1.82, 2.24) is 0 Å². The number of ether oxygens (including phenoxy) is 2. The minimum atomic E-state index is -0.233. The summed E-state index contributed by atoms with van der Waals surface area (Å²) in [6, 6.07) is 0. The van der Waals surface area contributed by atoms with E-state index in [1.807, 2.05) is 0 Å². The molecular formula is C10H20O2. The molecule has 72 valence electrons. The highest BCUT2D eigenvalue weighted by atomic mass is 16.7. The number of rotatable bonds is 4. The summed E-state index contributed by atoms with van der Waals surface area (Å²) in [6.07, 6.45) is 3.19. The first-order valence-electron chi connectivity index (χ1n) is 4.96. The van der Waals surface area contributed by atoms with Gasteiger partial charge in [-0.1, -0.05) is 27.2 Å². The van der Waals surface area contributed by atoms with Crippen LogP contribution < -0.4 is 0 Å². The van der Waals surface area contributed by atoms with E-state index in [9.17, 15) is 0 Å². The van der Waals surface area contributed by atoms with E-state index in [1.54, 1.807) is 0 Å². The molecule has 1 aliphatic rings. The molecule has 1 aliphatic heterocycles. The topological polar surface area (TPSA) is 18.5 Å². The van der Waals surface area contributed by atoms with Crippen LogP contribution >= 0.6 is 0 Å². The fourth-order valence-corrected chi connectivity index (χ4v) is 1.86. The Morgan fingerprint density at radius 2 is 1.83 bits per heavy atom. The predicted molar refractivity (Wildman–Crippen MR) is 49.0 cm³/mol. The van der Waals surface area contributed by atoms with Gasteiger partial charge in [0.05, 0.1) is 13.2 Å². The van der Waals surface area contributed by atoms with Crippen LogP contribution in [0.1, 0.15) is 40.0 Å². The van der Waals surface area contributed by atoms with Gasteiger partial charge in [-0.2, -0.15) is 0 Å². The first-order valence-corrected chi connectivity index (χ1v) is 4.96. The minimum Gasteiger partial charge on any atom is -0.348 e. The molecule has 0 bridgehead atoms. The molecule has 0 radical (unpaired) electrons. The van der Waals surface area contributed by atoms with Gasteiger partial charge in [-0.05, 0) is 5.92 Å². The van der Waals surface area contributed by atoms with Crippen molar-refractivity contribution < 1.29 is 9.47 Å². The van der Waals surface area contributed by atoms with Crippen molar-refractivity contribution in [1.29, 1.82) is 0 Å². The molecule has 0 aliphatic carbocycles. The van der Waals surface area contributed by atoms with Crippen molar-refractivity contribution >= 4 is 0 Å². The van der Waals surface area contributed by atoms with E-state index in [2.05, 4.69) is 20.8 Å². The van der Waals surface area contributed by atoms with E-state index in [0.717, 1.165) is 32.5 Å². The van der Waals surface area contributed by atoms with E-state index in [0.29, 0.717) is 5.92 Å². The van der Waals surface area contributed by atoms with Crippen LogP contribution in [0.2, 0.25) is 0 Å².